The first kappa shape index (κ1) is 30.1. The molecule has 40 heavy (non-hydrogen) atoms. The zero-order valence-corrected chi connectivity index (χ0v) is 22.6. The summed E-state index contributed by atoms with van der Waals surface area (Å²) >= 11 is 0.851. The number of benzene rings is 2. The Hall–Kier alpha value is -4.46. The van der Waals surface area contributed by atoms with Gasteiger partial charge in [-0.15, -0.1) is 11.3 Å². The van der Waals surface area contributed by atoms with Crippen molar-refractivity contribution in [3.8, 4) is 17.2 Å². The second kappa shape index (κ2) is 13.6. The fourth-order valence-corrected chi connectivity index (χ4v) is 4.31. The largest absolute Gasteiger partial charge is 0.496 e. The minimum Gasteiger partial charge on any atom is -0.496 e. The van der Waals surface area contributed by atoms with Crippen LogP contribution in [0.25, 0.3) is 0 Å². The highest BCUT2D eigenvalue weighted by Gasteiger charge is 2.27. The summed E-state index contributed by atoms with van der Waals surface area (Å²) < 4.78 is 68.5. The molecular weight excluding hydrogens is 557 g/mol. The van der Waals surface area contributed by atoms with Crippen LogP contribution in [0.5, 0.6) is 17.2 Å². The van der Waals surface area contributed by atoms with Crippen LogP contribution in [0.1, 0.15) is 39.4 Å². The SMILES string of the molecule is CCOC(=O)c1scc(NC(=O)Nc2cc(OCc3c(OC)ccc(F)c3F)c(OC)cc2F)c1C(=O)OCC. The molecule has 0 saturated heterocycles. The summed E-state index contributed by atoms with van der Waals surface area (Å²) in [6.45, 7) is 2.71. The number of nitrogens with one attached hydrogen (secondary N) is 2. The summed E-state index contributed by atoms with van der Waals surface area (Å²) in [5.74, 6) is -5.06. The molecule has 2 aromatic carbocycles. The molecule has 0 radical (unpaired) electrons. The van der Waals surface area contributed by atoms with E-state index in [0.717, 1.165) is 29.5 Å². The van der Waals surface area contributed by atoms with Gasteiger partial charge in [0.05, 0.1) is 44.4 Å². The predicted molar refractivity (Wildman–Crippen MR) is 139 cm³/mol. The van der Waals surface area contributed by atoms with Gasteiger partial charge in [0.25, 0.3) is 0 Å². The number of halogens is 3. The summed E-state index contributed by atoms with van der Waals surface area (Å²) in [5, 5.41) is 5.98. The maximum absolute atomic E-state index is 14.8. The van der Waals surface area contributed by atoms with Gasteiger partial charge in [0.2, 0.25) is 0 Å². The monoisotopic (exact) mass is 582 g/mol. The molecule has 1 aromatic heterocycles. The number of anilines is 2. The molecule has 0 aliphatic carbocycles. The predicted octanol–water partition coefficient (Wildman–Crippen LogP) is 5.76. The van der Waals surface area contributed by atoms with Crippen molar-refractivity contribution >= 4 is 40.7 Å². The highest BCUT2D eigenvalue weighted by molar-refractivity contribution is 7.13. The van der Waals surface area contributed by atoms with Crippen molar-refractivity contribution < 1.29 is 51.2 Å². The van der Waals surface area contributed by atoms with Gasteiger partial charge in [-0.1, -0.05) is 0 Å². The standard InChI is InChI=1S/C26H25F3N2O8S/c1-5-37-24(32)21-17(12-40-23(21)25(33)38-6-2)31-26(34)30-16-10-20(19(36-4)9-15(16)28)39-11-13-18(35-3)8-7-14(27)22(13)29/h7-10,12H,5-6,11H2,1-4H3,(H2,30,31,34). The molecule has 0 aliphatic heterocycles. The number of rotatable bonds is 11. The average Bonchev–Trinajstić information content (AvgIpc) is 3.34. The Balaban J connectivity index is 1.85. The highest BCUT2D eigenvalue weighted by atomic mass is 32.1. The van der Waals surface area contributed by atoms with Crippen molar-refractivity contribution in [2.24, 2.45) is 0 Å². The molecular formula is C26H25F3N2O8S. The molecule has 14 heteroatoms. The number of ether oxygens (including phenoxy) is 5. The topological polar surface area (TPSA) is 121 Å². The third-order valence-corrected chi connectivity index (χ3v) is 6.19. The van der Waals surface area contributed by atoms with Crippen LogP contribution in [0.2, 0.25) is 0 Å². The van der Waals surface area contributed by atoms with Crippen LogP contribution in [0.4, 0.5) is 29.3 Å². The lowest BCUT2D eigenvalue weighted by molar-refractivity contribution is 0.0485. The lowest BCUT2D eigenvalue weighted by Gasteiger charge is -2.16. The van der Waals surface area contributed by atoms with Gasteiger partial charge in [-0.3, -0.25) is 0 Å². The molecule has 0 fully saturated rings. The van der Waals surface area contributed by atoms with Gasteiger partial charge in [0, 0.05) is 17.5 Å². The van der Waals surface area contributed by atoms with E-state index >= 15 is 0 Å². The van der Waals surface area contributed by atoms with E-state index in [-0.39, 0.29) is 57.8 Å². The third kappa shape index (κ3) is 6.75. The summed E-state index contributed by atoms with van der Waals surface area (Å²) in [4.78, 5) is 37.4. The Labute approximate surface area is 230 Å². The second-order valence-electron chi connectivity index (χ2n) is 7.69. The van der Waals surface area contributed by atoms with Gasteiger partial charge in [-0.2, -0.15) is 0 Å². The third-order valence-electron chi connectivity index (χ3n) is 5.23. The van der Waals surface area contributed by atoms with Crippen LogP contribution in [0, 0.1) is 17.5 Å². The lowest BCUT2D eigenvalue weighted by Crippen LogP contribution is -2.22. The van der Waals surface area contributed by atoms with Crippen LogP contribution < -0.4 is 24.8 Å². The number of urea groups is 1. The fourth-order valence-electron chi connectivity index (χ4n) is 3.43. The maximum Gasteiger partial charge on any atom is 0.349 e. The maximum atomic E-state index is 14.8. The molecule has 0 spiro atoms. The molecule has 0 aliphatic rings. The lowest BCUT2D eigenvalue weighted by atomic mass is 10.2. The number of thiophene rings is 1. The molecule has 1 heterocycles. The molecule has 3 rings (SSSR count). The zero-order valence-electron chi connectivity index (χ0n) is 21.8. The van der Waals surface area contributed by atoms with Gasteiger partial charge in [0.1, 0.15) is 22.8 Å². The van der Waals surface area contributed by atoms with E-state index < -0.39 is 42.0 Å². The van der Waals surface area contributed by atoms with Crippen molar-refractivity contribution in [3.05, 3.63) is 63.1 Å². The minimum atomic E-state index is -1.19. The molecule has 0 unspecified atom stereocenters. The van der Waals surface area contributed by atoms with Gasteiger partial charge >= 0.3 is 18.0 Å². The van der Waals surface area contributed by atoms with Crippen LogP contribution >= 0.6 is 11.3 Å². The van der Waals surface area contributed by atoms with E-state index in [1.165, 1.54) is 25.7 Å². The number of carbonyl (C=O) groups is 3. The summed E-state index contributed by atoms with van der Waals surface area (Å²) in [6.07, 6.45) is 0. The number of methoxy groups -OCH3 is 2. The van der Waals surface area contributed by atoms with E-state index in [0.29, 0.717) is 0 Å². The van der Waals surface area contributed by atoms with E-state index in [9.17, 15) is 27.6 Å². The molecule has 10 nitrogen and oxygen atoms in total. The zero-order chi connectivity index (χ0) is 29.4. The van der Waals surface area contributed by atoms with E-state index in [4.69, 9.17) is 23.7 Å². The summed E-state index contributed by atoms with van der Waals surface area (Å²) in [5.41, 5.74) is -0.894. The average molecular weight is 583 g/mol. The van der Waals surface area contributed by atoms with E-state index in [1.54, 1.807) is 13.8 Å². The number of amides is 2. The van der Waals surface area contributed by atoms with Crippen LogP contribution in [-0.2, 0) is 16.1 Å². The number of hydrogen-bond acceptors (Lipinski definition) is 9. The van der Waals surface area contributed by atoms with Crippen molar-refractivity contribution in [2.45, 2.75) is 20.5 Å². The van der Waals surface area contributed by atoms with E-state index in [2.05, 4.69) is 10.6 Å². The Kier molecular flexibility index (Phi) is 10.2. The Bertz CT molecular complexity index is 1410. The van der Waals surface area contributed by atoms with Crippen molar-refractivity contribution in [1.29, 1.82) is 0 Å². The Morgan fingerprint density at radius 2 is 1.48 bits per heavy atom. The van der Waals surface area contributed by atoms with Crippen LogP contribution in [0.3, 0.4) is 0 Å². The van der Waals surface area contributed by atoms with Crippen molar-refractivity contribution in [3.63, 3.8) is 0 Å². The number of carbonyl (C=O) groups excluding carboxylic acids is 3. The minimum absolute atomic E-state index is 0.00775. The molecule has 0 atom stereocenters. The molecule has 2 amide bonds. The highest BCUT2D eigenvalue weighted by Crippen LogP contribution is 2.35. The number of hydrogen-bond donors (Lipinski definition) is 2. The van der Waals surface area contributed by atoms with Crippen molar-refractivity contribution in [1.82, 2.24) is 0 Å². The van der Waals surface area contributed by atoms with Gasteiger partial charge in [0.15, 0.2) is 29.0 Å². The van der Waals surface area contributed by atoms with Crippen LogP contribution in [-0.4, -0.2) is 45.4 Å². The molecule has 0 saturated carbocycles. The van der Waals surface area contributed by atoms with Crippen molar-refractivity contribution in [2.75, 3.05) is 38.1 Å². The van der Waals surface area contributed by atoms with E-state index in [1.807, 2.05) is 0 Å². The Morgan fingerprint density at radius 1 is 0.825 bits per heavy atom. The summed E-state index contributed by atoms with van der Waals surface area (Å²) in [6, 6.07) is 3.12. The first-order chi connectivity index (χ1) is 19.1. The second-order valence-corrected chi connectivity index (χ2v) is 8.57. The van der Waals surface area contributed by atoms with Gasteiger partial charge < -0.3 is 34.3 Å². The molecule has 3 aromatic rings. The van der Waals surface area contributed by atoms with Gasteiger partial charge in [-0.05, 0) is 26.0 Å². The fraction of sp³-hybridized carbons (Fsp3) is 0.269. The quantitative estimate of drug-likeness (QED) is 0.274. The normalized spacial score (nSPS) is 10.5. The van der Waals surface area contributed by atoms with Crippen LogP contribution in [0.15, 0.2) is 29.6 Å². The van der Waals surface area contributed by atoms with Gasteiger partial charge in [-0.25, -0.2) is 27.6 Å². The number of esters is 2. The molecule has 0 bridgehead atoms. The molecule has 214 valence electrons. The summed E-state index contributed by atoms with van der Waals surface area (Å²) in [7, 11) is 2.51. The molecule has 2 N–H and O–H groups in total. The smallest absolute Gasteiger partial charge is 0.349 e. The first-order valence-electron chi connectivity index (χ1n) is 11.7. The first-order valence-corrected chi connectivity index (χ1v) is 12.6. The Morgan fingerprint density at radius 3 is 2.12 bits per heavy atom.